The van der Waals surface area contributed by atoms with Gasteiger partial charge >= 0.3 is 0 Å². The van der Waals surface area contributed by atoms with E-state index in [1.54, 1.807) is 13.0 Å². The molecule has 1 heterocycles. The smallest absolute Gasteiger partial charge is 0.153 e. The van der Waals surface area contributed by atoms with Crippen molar-refractivity contribution < 1.29 is 12.8 Å². The highest BCUT2D eigenvalue weighted by Crippen LogP contribution is 2.27. The third-order valence-corrected chi connectivity index (χ3v) is 5.01. The zero-order valence-corrected chi connectivity index (χ0v) is 11.4. The Morgan fingerprint density at radius 2 is 2.16 bits per heavy atom. The van der Waals surface area contributed by atoms with E-state index in [2.05, 4.69) is 5.32 Å². The van der Waals surface area contributed by atoms with E-state index in [1.807, 2.05) is 6.07 Å². The van der Waals surface area contributed by atoms with Crippen LogP contribution in [0.25, 0.3) is 0 Å². The number of nitriles is 1. The van der Waals surface area contributed by atoms with Gasteiger partial charge in [-0.15, -0.1) is 0 Å². The third kappa shape index (κ3) is 3.24. The van der Waals surface area contributed by atoms with Gasteiger partial charge in [-0.25, -0.2) is 12.8 Å². The van der Waals surface area contributed by atoms with Gasteiger partial charge < -0.3 is 5.32 Å². The number of hydrogen-bond donors (Lipinski definition) is 1. The summed E-state index contributed by atoms with van der Waals surface area (Å²) in [4.78, 5) is 0. The monoisotopic (exact) mass is 282 g/mol. The quantitative estimate of drug-likeness (QED) is 0.901. The summed E-state index contributed by atoms with van der Waals surface area (Å²) in [7, 11) is -3.22. The number of nitrogens with one attached hydrogen (secondary N) is 1. The summed E-state index contributed by atoms with van der Waals surface area (Å²) in [5.41, 5.74) is 0.00234. The fourth-order valence-electron chi connectivity index (χ4n) is 2.41. The molecule has 1 N–H and O–H groups in total. The van der Waals surface area contributed by atoms with Crippen molar-refractivity contribution in [3.63, 3.8) is 0 Å². The summed E-state index contributed by atoms with van der Waals surface area (Å²) in [5.74, 6) is -0.527. The maximum Gasteiger partial charge on any atom is 0.153 e. The van der Waals surface area contributed by atoms with Gasteiger partial charge in [0.05, 0.1) is 17.6 Å². The van der Waals surface area contributed by atoms with E-state index < -0.39 is 21.2 Å². The average molecular weight is 282 g/mol. The molecule has 1 saturated heterocycles. The van der Waals surface area contributed by atoms with Crippen LogP contribution in [-0.2, 0) is 9.84 Å². The van der Waals surface area contributed by atoms with E-state index in [0.717, 1.165) is 0 Å². The van der Waals surface area contributed by atoms with Gasteiger partial charge in [0.25, 0.3) is 0 Å². The summed E-state index contributed by atoms with van der Waals surface area (Å²) in [6.07, 6.45) is 0.884. The van der Waals surface area contributed by atoms with Crippen LogP contribution in [-0.4, -0.2) is 25.5 Å². The lowest BCUT2D eigenvalue weighted by atomic mass is 9.96. The topological polar surface area (TPSA) is 70.0 Å². The van der Waals surface area contributed by atoms with Crippen LogP contribution in [0.2, 0.25) is 0 Å². The van der Waals surface area contributed by atoms with Gasteiger partial charge in [-0.05, 0) is 43.5 Å². The second-order valence-electron chi connectivity index (χ2n) is 5.03. The molecule has 6 heteroatoms. The lowest BCUT2D eigenvalue weighted by molar-refractivity contribution is 0.519. The second-order valence-corrected chi connectivity index (χ2v) is 7.22. The Balaban J connectivity index is 2.31. The first-order chi connectivity index (χ1) is 8.84. The Morgan fingerprint density at radius 3 is 2.74 bits per heavy atom. The summed E-state index contributed by atoms with van der Waals surface area (Å²) < 4.78 is 36.7. The highest BCUT2D eigenvalue weighted by atomic mass is 32.2. The van der Waals surface area contributed by atoms with Crippen molar-refractivity contribution in [2.75, 3.05) is 16.8 Å². The van der Waals surface area contributed by atoms with Gasteiger partial charge in [0.15, 0.2) is 9.84 Å². The first-order valence-corrected chi connectivity index (χ1v) is 7.83. The number of nitrogens with zero attached hydrogens (tertiary/aromatic N) is 1. The molecule has 1 aromatic carbocycles. The molecule has 4 nitrogen and oxygen atoms in total. The lowest BCUT2D eigenvalue weighted by Gasteiger charge is -2.32. The normalized spacial score (nSPS) is 25.5. The Labute approximate surface area is 112 Å². The number of benzene rings is 1. The lowest BCUT2D eigenvalue weighted by Crippen LogP contribution is -2.47. The van der Waals surface area contributed by atoms with Crippen molar-refractivity contribution in [2.45, 2.75) is 25.3 Å². The van der Waals surface area contributed by atoms with Gasteiger partial charge in [-0.3, -0.25) is 0 Å². The van der Waals surface area contributed by atoms with Crippen LogP contribution in [0.3, 0.4) is 0 Å². The highest BCUT2D eigenvalue weighted by Gasteiger charge is 2.39. The molecule has 0 aromatic heterocycles. The molecule has 2 rings (SSSR count). The molecule has 0 bridgehead atoms. The molecule has 0 amide bonds. The molecular formula is C13H15FN2O2S. The standard InChI is InChI=1S/C13H15FN2O2S/c1-10-5-11(14)7-12(6-10)16-13(8-15)3-2-4-19(17,18)9-13/h5-7,16H,2-4,9H2,1H3. The van der Waals surface area contributed by atoms with Crippen LogP contribution in [0.15, 0.2) is 18.2 Å². The number of rotatable bonds is 2. The van der Waals surface area contributed by atoms with Crippen molar-refractivity contribution >= 4 is 15.5 Å². The molecule has 102 valence electrons. The second kappa shape index (κ2) is 4.82. The largest absolute Gasteiger partial charge is 0.366 e. The Bertz CT molecular complexity index is 616. The number of anilines is 1. The summed E-state index contributed by atoms with van der Waals surface area (Å²) >= 11 is 0. The van der Waals surface area contributed by atoms with Crippen LogP contribution in [0.5, 0.6) is 0 Å². The molecule has 1 aliphatic rings. The van der Waals surface area contributed by atoms with E-state index in [4.69, 9.17) is 0 Å². The van der Waals surface area contributed by atoms with Gasteiger partial charge in [-0.1, -0.05) is 0 Å². The minimum atomic E-state index is -3.22. The van der Waals surface area contributed by atoms with E-state index in [0.29, 0.717) is 24.1 Å². The Kier molecular flexibility index (Phi) is 3.50. The zero-order valence-electron chi connectivity index (χ0n) is 10.6. The van der Waals surface area contributed by atoms with Crippen molar-refractivity contribution in [2.24, 2.45) is 0 Å². The van der Waals surface area contributed by atoms with Gasteiger partial charge in [0, 0.05) is 5.69 Å². The van der Waals surface area contributed by atoms with Crippen LogP contribution in [0, 0.1) is 24.1 Å². The molecule has 0 radical (unpaired) electrons. The van der Waals surface area contributed by atoms with Crippen LogP contribution in [0.1, 0.15) is 18.4 Å². The first-order valence-electron chi connectivity index (χ1n) is 6.01. The van der Waals surface area contributed by atoms with Gasteiger partial charge in [0.2, 0.25) is 0 Å². The van der Waals surface area contributed by atoms with E-state index in [-0.39, 0.29) is 11.5 Å². The van der Waals surface area contributed by atoms with Crippen molar-refractivity contribution in [3.05, 3.63) is 29.6 Å². The Morgan fingerprint density at radius 1 is 1.42 bits per heavy atom. The molecule has 1 atom stereocenters. The minimum absolute atomic E-state index is 0.111. The van der Waals surface area contributed by atoms with Crippen molar-refractivity contribution in [1.82, 2.24) is 0 Å². The fraction of sp³-hybridized carbons (Fsp3) is 0.462. The first kappa shape index (κ1) is 13.8. The number of halogens is 1. The maximum absolute atomic E-state index is 13.3. The molecule has 19 heavy (non-hydrogen) atoms. The van der Waals surface area contributed by atoms with Crippen molar-refractivity contribution in [1.29, 1.82) is 5.26 Å². The highest BCUT2D eigenvalue weighted by molar-refractivity contribution is 7.91. The van der Waals surface area contributed by atoms with Crippen molar-refractivity contribution in [3.8, 4) is 6.07 Å². The number of sulfone groups is 1. The maximum atomic E-state index is 13.3. The predicted octanol–water partition coefficient (Wildman–Crippen LogP) is 2.02. The van der Waals surface area contributed by atoms with Gasteiger partial charge in [0.1, 0.15) is 11.4 Å². The zero-order chi connectivity index (χ0) is 14.1. The fourth-order valence-corrected chi connectivity index (χ4v) is 4.17. The van der Waals surface area contributed by atoms with Crippen LogP contribution >= 0.6 is 0 Å². The Hall–Kier alpha value is -1.61. The average Bonchev–Trinajstić information content (AvgIpc) is 2.26. The molecule has 1 aliphatic heterocycles. The minimum Gasteiger partial charge on any atom is -0.366 e. The predicted molar refractivity (Wildman–Crippen MR) is 71.0 cm³/mol. The van der Waals surface area contributed by atoms with Gasteiger partial charge in [-0.2, -0.15) is 5.26 Å². The molecule has 1 unspecified atom stereocenters. The van der Waals surface area contributed by atoms with E-state index in [9.17, 15) is 18.1 Å². The van der Waals surface area contributed by atoms with E-state index >= 15 is 0 Å². The van der Waals surface area contributed by atoms with Crippen LogP contribution in [0.4, 0.5) is 10.1 Å². The summed E-state index contributed by atoms with van der Waals surface area (Å²) in [6.45, 7) is 1.74. The SMILES string of the molecule is Cc1cc(F)cc(NC2(C#N)CCCS(=O)(=O)C2)c1. The molecule has 0 spiro atoms. The summed E-state index contributed by atoms with van der Waals surface area (Å²) in [5, 5.41) is 12.2. The number of aryl methyl sites for hydroxylation is 1. The number of hydrogen-bond acceptors (Lipinski definition) is 4. The third-order valence-electron chi connectivity index (χ3n) is 3.16. The molecular weight excluding hydrogens is 267 g/mol. The summed E-state index contributed by atoms with van der Waals surface area (Å²) in [6, 6.07) is 6.39. The van der Waals surface area contributed by atoms with E-state index in [1.165, 1.54) is 12.1 Å². The molecule has 0 aliphatic carbocycles. The molecule has 1 aromatic rings. The van der Waals surface area contributed by atoms with Crippen LogP contribution < -0.4 is 5.32 Å². The molecule has 1 fully saturated rings. The molecule has 0 saturated carbocycles.